The van der Waals surface area contributed by atoms with Crippen LogP contribution < -0.4 is 5.32 Å². The van der Waals surface area contributed by atoms with E-state index in [0.717, 1.165) is 23.6 Å². The van der Waals surface area contributed by atoms with E-state index in [-0.39, 0.29) is 26.4 Å². The monoisotopic (exact) mass is 533 g/mol. The maximum atomic E-state index is 12.7. The Kier molecular flexibility index (Phi) is 8.41. The van der Waals surface area contributed by atoms with Crippen LogP contribution in [0.3, 0.4) is 0 Å². The van der Waals surface area contributed by atoms with Crippen LogP contribution in [-0.4, -0.2) is 58.0 Å². The molecule has 0 saturated carbocycles. The number of amides is 1. The molecule has 1 heterocycles. The lowest BCUT2D eigenvalue weighted by atomic mass is 10.2. The molecule has 12 heteroatoms. The predicted molar refractivity (Wildman–Crippen MR) is 127 cm³/mol. The number of sulfonamides is 2. The molecule has 3 rings (SSSR count). The Labute approximate surface area is 204 Å². The zero-order valence-corrected chi connectivity index (χ0v) is 21.1. The Balaban J connectivity index is 1.59. The van der Waals surface area contributed by atoms with Gasteiger partial charge in [-0.25, -0.2) is 16.8 Å². The number of likely N-dealkylation sites (N-methyl/N-ethyl adjacent to an activating group) is 1. The first-order valence-electron chi connectivity index (χ1n) is 10.3. The summed E-state index contributed by atoms with van der Waals surface area (Å²) in [4.78, 5) is 12.3. The number of nitrogens with zero attached hydrogens (tertiary/aromatic N) is 2. The van der Waals surface area contributed by atoms with Crippen LogP contribution in [0.25, 0.3) is 0 Å². The molecule has 1 aliphatic rings. The van der Waals surface area contributed by atoms with Crippen LogP contribution in [0.1, 0.15) is 24.8 Å². The van der Waals surface area contributed by atoms with Gasteiger partial charge < -0.3 is 5.32 Å². The highest BCUT2D eigenvalue weighted by Gasteiger charge is 2.27. The van der Waals surface area contributed by atoms with E-state index in [0.29, 0.717) is 18.7 Å². The molecule has 0 spiro atoms. The molecule has 0 aliphatic carbocycles. The summed E-state index contributed by atoms with van der Waals surface area (Å²) in [7, 11) is -6.27. The van der Waals surface area contributed by atoms with E-state index in [2.05, 4.69) is 5.32 Å². The SMILES string of the molecule is CN(CC(=O)NCc1ccc(S(=O)(=O)N2CCCCC2)cc1)S(=O)(=O)c1cc(Cl)ccc1Cl. The van der Waals surface area contributed by atoms with Gasteiger partial charge in [0.25, 0.3) is 0 Å². The summed E-state index contributed by atoms with van der Waals surface area (Å²) >= 11 is 11.9. The van der Waals surface area contributed by atoms with E-state index < -0.39 is 32.5 Å². The van der Waals surface area contributed by atoms with Gasteiger partial charge in [-0.3, -0.25) is 4.79 Å². The van der Waals surface area contributed by atoms with Crippen LogP contribution in [0.2, 0.25) is 10.0 Å². The standard InChI is InChI=1S/C21H25Cl2N3O5S2/c1-25(33(30,31)20-13-17(22)7-10-19(20)23)15-21(27)24-14-16-5-8-18(9-6-16)32(28,29)26-11-3-2-4-12-26/h5-10,13H,2-4,11-12,14-15H2,1H3,(H,24,27). The van der Waals surface area contributed by atoms with Crippen molar-refractivity contribution in [2.45, 2.75) is 35.6 Å². The van der Waals surface area contributed by atoms with E-state index in [1.165, 1.54) is 41.7 Å². The number of carbonyl (C=O) groups excluding carboxylic acids is 1. The topological polar surface area (TPSA) is 104 Å². The quantitative estimate of drug-likeness (QED) is 0.561. The first kappa shape index (κ1) is 25.9. The summed E-state index contributed by atoms with van der Waals surface area (Å²) in [6, 6.07) is 10.4. The minimum Gasteiger partial charge on any atom is -0.351 e. The van der Waals surface area contributed by atoms with Crippen LogP contribution in [0.4, 0.5) is 0 Å². The summed E-state index contributed by atoms with van der Waals surface area (Å²) < 4.78 is 53.3. The smallest absolute Gasteiger partial charge is 0.244 e. The second-order valence-electron chi connectivity index (χ2n) is 7.72. The molecule has 180 valence electrons. The van der Waals surface area contributed by atoms with Crippen molar-refractivity contribution < 1.29 is 21.6 Å². The van der Waals surface area contributed by atoms with Gasteiger partial charge in [0.2, 0.25) is 26.0 Å². The average Bonchev–Trinajstić information content (AvgIpc) is 2.80. The van der Waals surface area contributed by atoms with Crippen LogP contribution in [0, 0.1) is 0 Å². The molecule has 33 heavy (non-hydrogen) atoms. The summed E-state index contributed by atoms with van der Waals surface area (Å²) in [6.45, 7) is 0.745. The molecule has 0 radical (unpaired) electrons. The van der Waals surface area contributed by atoms with Crippen molar-refractivity contribution in [1.29, 1.82) is 0 Å². The molecule has 0 atom stereocenters. The molecule has 1 N–H and O–H groups in total. The molecular weight excluding hydrogens is 509 g/mol. The maximum Gasteiger partial charge on any atom is 0.244 e. The molecule has 2 aromatic carbocycles. The van der Waals surface area contributed by atoms with Gasteiger partial charge in [0.05, 0.1) is 16.5 Å². The molecule has 0 unspecified atom stereocenters. The normalized spacial score (nSPS) is 15.5. The van der Waals surface area contributed by atoms with Crippen molar-refractivity contribution in [3.8, 4) is 0 Å². The fourth-order valence-electron chi connectivity index (χ4n) is 3.42. The molecule has 2 aromatic rings. The number of piperidine rings is 1. The fourth-order valence-corrected chi connectivity index (χ4v) is 6.80. The van der Waals surface area contributed by atoms with E-state index in [9.17, 15) is 21.6 Å². The predicted octanol–water partition coefficient (Wildman–Crippen LogP) is 3.10. The van der Waals surface area contributed by atoms with Gasteiger partial charge in [-0.05, 0) is 48.7 Å². The van der Waals surface area contributed by atoms with Crippen LogP contribution in [-0.2, 0) is 31.4 Å². The lowest BCUT2D eigenvalue weighted by molar-refractivity contribution is -0.121. The lowest BCUT2D eigenvalue weighted by Crippen LogP contribution is -2.38. The van der Waals surface area contributed by atoms with Gasteiger partial charge in [-0.15, -0.1) is 0 Å². The van der Waals surface area contributed by atoms with Crippen molar-refractivity contribution in [2.24, 2.45) is 0 Å². The van der Waals surface area contributed by atoms with Crippen LogP contribution in [0.15, 0.2) is 52.3 Å². The Morgan fingerprint density at radius 1 is 1.00 bits per heavy atom. The molecule has 0 aromatic heterocycles. The van der Waals surface area contributed by atoms with Crippen molar-refractivity contribution in [3.63, 3.8) is 0 Å². The maximum absolute atomic E-state index is 12.7. The zero-order chi connectivity index (χ0) is 24.2. The fraction of sp³-hybridized carbons (Fsp3) is 0.381. The number of nitrogens with one attached hydrogen (secondary N) is 1. The lowest BCUT2D eigenvalue weighted by Gasteiger charge is -2.25. The van der Waals surface area contributed by atoms with E-state index in [1.807, 2.05) is 0 Å². The van der Waals surface area contributed by atoms with Crippen LogP contribution >= 0.6 is 23.2 Å². The molecule has 8 nitrogen and oxygen atoms in total. The van der Waals surface area contributed by atoms with E-state index in [1.54, 1.807) is 12.1 Å². The summed E-state index contributed by atoms with van der Waals surface area (Å²) in [5.74, 6) is -0.524. The highest BCUT2D eigenvalue weighted by Crippen LogP contribution is 2.27. The van der Waals surface area contributed by atoms with Gasteiger partial charge in [-0.2, -0.15) is 8.61 Å². The van der Waals surface area contributed by atoms with Gasteiger partial charge >= 0.3 is 0 Å². The van der Waals surface area contributed by atoms with E-state index >= 15 is 0 Å². The number of halogens is 2. The first-order chi connectivity index (χ1) is 15.5. The van der Waals surface area contributed by atoms with Crippen molar-refractivity contribution in [2.75, 3.05) is 26.7 Å². The number of rotatable bonds is 8. The third-order valence-electron chi connectivity index (χ3n) is 5.31. The number of carbonyl (C=O) groups is 1. The van der Waals surface area contributed by atoms with E-state index in [4.69, 9.17) is 23.2 Å². The second kappa shape index (κ2) is 10.7. The highest BCUT2D eigenvalue weighted by atomic mass is 35.5. The molecule has 1 amide bonds. The average molecular weight is 534 g/mol. The van der Waals surface area contributed by atoms with Gasteiger partial charge in [0.1, 0.15) is 4.90 Å². The zero-order valence-electron chi connectivity index (χ0n) is 18.0. The molecule has 1 fully saturated rings. The van der Waals surface area contributed by atoms with Gasteiger partial charge in [0, 0.05) is 31.7 Å². The Hall–Kier alpha value is -1.69. The number of hydrogen-bond donors (Lipinski definition) is 1. The minimum atomic E-state index is -4.02. The highest BCUT2D eigenvalue weighted by molar-refractivity contribution is 7.89. The molecular formula is C21H25Cl2N3O5S2. The third kappa shape index (κ3) is 6.26. The van der Waals surface area contributed by atoms with Gasteiger partial charge in [0.15, 0.2) is 0 Å². The Bertz CT molecular complexity index is 1210. The molecule has 1 aliphatic heterocycles. The molecule has 1 saturated heterocycles. The molecule has 0 bridgehead atoms. The number of hydrogen-bond acceptors (Lipinski definition) is 5. The number of benzene rings is 2. The van der Waals surface area contributed by atoms with Crippen molar-refractivity contribution >= 4 is 49.2 Å². The third-order valence-corrected chi connectivity index (χ3v) is 9.75. The Morgan fingerprint density at radius 2 is 1.64 bits per heavy atom. The summed E-state index contributed by atoms with van der Waals surface area (Å²) in [5.41, 5.74) is 0.685. The summed E-state index contributed by atoms with van der Waals surface area (Å²) in [6.07, 6.45) is 2.75. The van der Waals surface area contributed by atoms with Crippen LogP contribution in [0.5, 0.6) is 0 Å². The first-order valence-corrected chi connectivity index (χ1v) is 13.9. The Morgan fingerprint density at radius 3 is 2.27 bits per heavy atom. The largest absolute Gasteiger partial charge is 0.351 e. The van der Waals surface area contributed by atoms with Gasteiger partial charge in [-0.1, -0.05) is 41.8 Å². The summed E-state index contributed by atoms with van der Waals surface area (Å²) in [5, 5.41) is 2.85. The minimum absolute atomic E-state index is 0.00579. The second-order valence-corrected chi connectivity index (χ2v) is 12.5. The van der Waals surface area contributed by atoms with Crippen molar-refractivity contribution in [3.05, 3.63) is 58.1 Å². The van der Waals surface area contributed by atoms with Crippen molar-refractivity contribution in [1.82, 2.24) is 13.9 Å².